The summed E-state index contributed by atoms with van der Waals surface area (Å²) in [7, 11) is 0. The first-order chi connectivity index (χ1) is 9.80. The van der Waals surface area contributed by atoms with E-state index in [-0.39, 0.29) is 18.0 Å². The molecular formula is C16H30N2O3. The Morgan fingerprint density at radius 1 is 1.43 bits per heavy atom. The summed E-state index contributed by atoms with van der Waals surface area (Å²) in [6.45, 7) is 5.65. The zero-order valence-electron chi connectivity index (χ0n) is 13.5. The van der Waals surface area contributed by atoms with Gasteiger partial charge in [-0.05, 0) is 51.4 Å². The van der Waals surface area contributed by atoms with Gasteiger partial charge in [0.15, 0.2) is 0 Å². The minimum absolute atomic E-state index is 0.0125. The molecular weight excluding hydrogens is 268 g/mol. The van der Waals surface area contributed by atoms with Gasteiger partial charge in [-0.25, -0.2) is 0 Å². The summed E-state index contributed by atoms with van der Waals surface area (Å²) in [5, 5.41) is 12.5. The Morgan fingerprint density at radius 3 is 2.52 bits per heavy atom. The van der Waals surface area contributed by atoms with E-state index in [0.29, 0.717) is 25.2 Å². The Hall–Kier alpha value is -1.10. The van der Waals surface area contributed by atoms with Crippen molar-refractivity contribution >= 4 is 11.9 Å². The maximum Gasteiger partial charge on any atom is 0.309 e. The molecule has 1 aliphatic carbocycles. The van der Waals surface area contributed by atoms with Gasteiger partial charge < -0.3 is 16.2 Å². The number of amides is 1. The first-order valence-corrected chi connectivity index (χ1v) is 8.07. The van der Waals surface area contributed by atoms with Crippen LogP contribution in [0.3, 0.4) is 0 Å². The van der Waals surface area contributed by atoms with Crippen LogP contribution in [0.2, 0.25) is 0 Å². The SMILES string of the molecule is CCCC(CCC1(C(=O)O)CCC(N)C1)C(C)NC(C)=O. The summed E-state index contributed by atoms with van der Waals surface area (Å²) in [4.78, 5) is 22.9. The second-order valence-electron chi connectivity index (χ2n) is 6.66. The van der Waals surface area contributed by atoms with Crippen molar-refractivity contribution in [3.05, 3.63) is 0 Å². The van der Waals surface area contributed by atoms with Gasteiger partial charge in [-0.2, -0.15) is 0 Å². The van der Waals surface area contributed by atoms with Crippen LogP contribution in [-0.4, -0.2) is 29.1 Å². The Kier molecular flexibility index (Phi) is 6.65. The van der Waals surface area contributed by atoms with Crippen LogP contribution in [-0.2, 0) is 9.59 Å². The fourth-order valence-electron chi connectivity index (χ4n) is 3.61. The third-order valence-electron chi connectivity index (χ3n) is 4.89. The monoisotopic (exact) mass is 298 g/mol. The summed E-state index contributed by atoms with van der Waals surface area (Å²) < 4.78 is 0. The zero-order valence-corrected chi connectivity index (χ0v) is 13.5. The van der Waals surface area contributed by atoms with E-state index in [1.54, 1.807) is 0 Å². The molecule has 5 nitrogen and oxygen atoms in total. The summed E-state index contributed by atoms with van der Waals surface area (Å²) in [6.07, 6.45) is 5.58. The van der Waals surface area contributed by atoms with Crippen molar-refractivity contribution in [2.45, 2.75) is 77.8 Å². The standard InChI is InChI=1S/C16H30N2O3/c1-4-5-13(11(2)18-12(3)19)6-8-16(15(20)21)9-7-14(17)10-16/h11,13-14H,4-10,17H2,1-3H3,(H,18,19)(H,20,21). The molecule has 0 spiro atoms. The highest BCUT2D eigenvalue weighted by molar-refractivity contribution is 5.75. The normalized spacial score (nSPS) is 28.1. The minimum atomic E-state index is -0.710. The molecule has 4 unspecified atom stereocenters. The summed E-state index contributed by atoms with van der Waals surface area (Å²) in [5.41, 5.74) is 5.27. The van der Waals surface area contributed by atoms with Gasteiger partial charge in [-0.15, -0.1) is 0 Å². The van der Waals surface area contributed by atoms with Crippen LogP contribution in [0.5, 0.6) is 0 Å². The van der Waals surface area contributed by atoms with Crippen molar-refractivity contribution in [1.29, 1.82) is 0 Å². The second kappa shape index (κ2) is 7.78. The molecule has 0 aromatic carbocycles. The molecule has 21 heavy (non-hydrogen) atoms. The fraction of sp³-hybridized carbons (Fsp3) is 0.875. The van der Waals surface area contributed by atoms with E-state index in [1.165, 1.54) is 6.92 Å². The predicted octanol–water partition coefficient (Wildman–Crippen LogP) is 2.29. The van der Waals surface area contributed by atoms with Gasteiger partial charge in [-0.1, -0.05) is 13.3 Å². The highest BCUT2D eigenvalue weighted by atomic mass is 16.4. The number of hydrogen-bond donors (Lipinski definition) is 3. The molecule has 0 radical (unpaired) electrons. The van der Waals surface area contributed by atoms with Crippen molar-refractivity contribution in [2.75, 3.05) is 0 Å². The van der Waals surface area contributed by atoms with Gasteiger partial charge in [0.05, 0.1) is 5.41 Å². The first-order valence-electron chi connectivity index (χ1n) is 8.07. The van der Waals surface area contributed by atoms with Crippen LogP contribution in [0.1, 0.15) is 65.7 Å². The lowest BCUT2D eigenvalue weighted by Gasteiger charge is -2.29. The van der Waals surface area contributed by atoms with Crippen molar-refractivity contribution in [3.63, 3.8) is 0 Å². The van der Waals surface area contributed by atoms with Crippen LogP contribution in [0.4, 0.5) is 0 Å². The number of carboxylic acids is 1. The van der Waals surface area contributed by atoms with E-state index in [4.69, 9.17) is 5.73 Å². The molecule has 0 bridgehead atoms. The smallest absolute Gasteiger partial charge is 0.309 e. The third kappa shape index (κ3) is 4.99. The Bertz CT molecular complexity index is 373. The van der Waals surface area contributed by atoms with Gasteiger partial charge in [0.1, 0.15) is 0 Å². The first kappa shape index (κ1) is 18.0. The van der Waals surface area contributed by atoms with E-state index < -0.39 is 11.4 Å². The fourth-order valence-corrected chi connectivity index (χ4v) is 3.61. The molecule has 0 aromatic rings. The molecule has 5 heteroatoms. The Balaban J connectivity index is 2.66. The maximum atomic E-state index is 11.7. The number of hydrogen-bond acceptors (Lipinski definition) is 3. The second-order valence-corrected chi connectivity index (χ2v) is 6.66. The largest absolute Gasteiger partial charge is 0.481 e. The van der Waals surface area contributed by atoms with Crippen LogP contribution >= 0.6 is 0 Å². The van der Waals surface area contributed by atoms with Gasteiger partial charge in [0.25, 0.3) is 0 Å². The highest BCUT2D eigenvalue weighted by Crippen LogP contribution is 2.43. The highest BCUT2D eigenvalue weighted by Gasteiger charge is 2.44. The Morgan fingerprint density at radius 2 is 2.10 bits per heavy atom. The zero-order chi connectivity index (χ0) is 16.0. The van der Waals surface area contributed by atoms with Crippen LogP contribution < -0.4 is 11.1 Å². The van der Waals surface area contributed by atoms with Gasteiger partial charge in [-0.3, -0.25) is 9.59 Å². The summed E-state index contributed by atoms with van der Waals surface area (Å²) in [5.74, 6) is -0.413. The minimum Gasteiger partial charge on any atom is -0.481 e. The number of carboxylic acid groups (broad SMARTS) is 1. The molecule has 122 valence electrons. The van der Waals surface area contributed by atoms with Crippen molar-refractivity contribution in [2.24, 2.45) is 17.1 Å². The summed E-state index contributed by atoms with van der Waals surface area (Å²) in [6, 6.07) is 0.0989. The van der Waals surface area contributed by atoms with E-state index in [9.17, 15) is 14.7 Å². The molecule has 4 atom stereocenters. The number of carbonyl (C=O) groups excluding carboxylic acids is 1. The van der Waals surface area contributed by atoms with Crippen LogP contribution in [0, 0.1) is 11.3 Å². The van der Waals surface area contributed by atoms with E-state index in [1.807, 2.05) is 6.92 Å². The molecule has 0 saturated heterocycles. The lowest BCUT2D eigenvalue weighted by Crippen LogP contribution is -2.38. The van der Waals surface area contributed by atoms with Gasteiger partial charge in [0, 0.05) is 19.0 Å². The molecule has 1 rings (SSSR count). The lowest BCUT2D eigenvalue weighted by molar-refractivity contribution is -0.149. The number of nitrogens with one attached hydrogen (secondary N) is 1. The molecule has 0 aliphatic heterocycles. The van der Waals surface area contributed by atoms with Crippen molar-refractivity contribution in [3.8, 4) is 0 Å². The molecule has 1 fully saturated rings. The number of rotatable bonds is 8. The molecule has 0 aromatic heterocycles. The van der Waals surface area contributed by atoms with Gasteiger partial charge in [0.2, 0.25) is 5.91 Å². The molecule has 1 aliphatic rings. The average molecular weight is 298 g/mol. The molecule has 1 saturated carbocycles. The van der Waals surface area contributed by atoms with Crippen LogP contribution in [0.25, 0.3) is 0 Å². The molecule has 4 N–H and O–H groups in total. The van der Waals surface area contributed by atoms with Crippen molar-refractivity contribution in [1.82, 2.24) is 5.32 Å². The third-order valence-corrected chi connectivity index (χ3v) is 4.89. The molecule has 0 heterocycles. The lowest BCUT2D eigenvalue weighted by atomic mass is 9.77. The quantitative estimate of drug-likeness (QED) is 0.641. The number of nitrogens with two attached hydrogens (primary N) is 1. The number of carbonyl (C=O) groups is 2. The predicted molar refractivity (Wildman–Crippen MR) is 82.8 cm³/mol. The van der Waals surface area contributed by atoms with Gasteiger partial charge >= 0.3 is 5.97 Å². The topological polar surface area (TPSA) is 92.4 Å². The number of aliphatic carboxylic acids is 1. The van der Waals surface area contributed by atoms with E-state index in [0.717, 1.165) is 25.7 Å². The maximum absolute atomic E-state index is 11.7. The molecule has 1 amide bonds. The van der Waals surface area contributed by atoms with Crippen molar-refractivity contribution < 1.29 is 14.7 Å². The van der Waals surface area contributed by atoms with E-state index in [2.05, 4.69) is 12.2 Å². The summed E-state index contributed by atoms with van der Waals surface area (Å²) >= 11 is 0. The van der Waals surface area contributed by atoms with Crippen LogP contribution in [0.15, 0.2) is 0 Å². The average Bonchev–Trinajstić information content (AvgIpc) is 2.76. The van der Waals surface area contributed by atoms with E-state index >= 15 is 0 Å². The Labute approximate surface area is 127 Å².